The summed E-state index contributed by atoms with van der Waals surface area (Å²) in [5.41, 5.74) is 45.4. The van der Waals surface area contributed by atoms with Gasteiger partial charge in [0.1, 0.15) is 46.0 Å². The van der Waals surface area contributed by atoms with Crippen LogP contribution in [-0.2, 0) is 26.2 Å². The molecule has 0 bridgehead atoms. The minimum atomic E-state index is -0.0706. The summed E-state index contributed by atoms with van der Waals surface area (Å²) in [6.45, 7) is 29.7. The summed E-state index contributed by atoms with van der Waals surface area (Å²) in [7, 11) is 0. The van der Waals surface area contributed by atoms with Crippen LogP contribution in [0.2, 0.25) is 15.1 Å². The second-order valence-corrected chi connectivity index (χ2v) is 32.7. The molecule has 554 valence electrons. The molecule has 1 unspecified atom stereocenters. The molecule has 8 N–H and O–H groups in total. The number of fused-ring (bicyclic) bond motifs is 4. The second-order valence-electron chi connectivity index (χ2n) is 31.5. The summed E-state index contributed by atoms with van der Waals surface area (Å²) in [5, 5.41) is 1.92. The summed E-state index contributed by atoms with van der Waals surface area (Å²) in [4.78, 5) is 74.8. The zero-order chi connectivity index (χ0) is 74.4. The van der Waals surface area contributed by atoms with E-state index in [9.17, 15) is 0 Å². The lowest BCUT2D eigenvalue weighted by molar-refractivity contribution is 0.197. The fourth-order valence-electron chi connectivity index (χ4n) is 16.0. The average molecular weight is 1490 g/mol. The molecule has 25 heteroatoms. The van der Waals surface area contributed by atoms with Gasteiger partial charge in [-0.3, -0.25) is 29.9 Å². The number of aryl methyl sites for hydroxylation is 4. The predicted molar refractivity (Wildman–Crippen MR) is 427 cm³/mol. The molecule has 9 aliphatic rings. The van der Waals surface area contributed by atoms with Gasteiger partial charge in [0.15, 0.2) is 0 Å². The zero-order valence-corrected chi connectivity index (χ0v) is 65.0. The van der Waals surface area contributed by atoms with Crippen molar-refractivity contribution >= 4 is 80.9 Å². The van der Waals surface area contributed by atoms with Crippen molar-refractivity contribution in [2.45, 2.75) is 177 Å². The summed E-state index contributed by atoms with van der Waals surface area (Å²) in [5.74, 6) is 3.77. The Bertz CT molecular complexity index is 4740. The number of anilines is 4. The van der Waals surface area contributed by atoms with Gasteiger partial charge in [0.2, 0.25) is 0 Å². The first-order valence-electron chi connectivity index (χ1n) is 37.6. The Morgan fingerprint density at radius 1 is 0.500 bits per heavy atom. The van der Waals surface area contributed by atoms with E-state index in [0.29, 0.717) is 52.7 Å². The number of hydrogen-bond acceptors (Lipinski definition) is 22. The molecule has 4 saturated heterocycles. The topological polar surface area (TPSA) is 295 Å². The number of halogens is 3. The fourth-order valence-corrected chi connectivity index (χ4v) is 16.6. The summed E-state index contributed by atoms with van der Waals surface area (Å²) in [6.07, 6.45) is 23.2. The van der Waals surface area contributed by atoms with Crippen LogP contribution in [0.15, 0.2) is 106 Å². The van der Waals surface area contributed by atoms with Crippen LogP contribution in [0, 0.1) is 50.9 Å². The highest BCUT2D eigenvalue weighted by atomic mass is 35.5. The number of piperidine rings is 4. The molecule has 8 aromatic rings. The molecule has 5 fully saturated rings. The van der Waals surface area contributed by atoms with E-state index < -0.39 is 0 Å². The van der Waals surface area contributed by atoms with Crippen molar-refractivity contribution in [3.63, 3.8) is 0 Å². The van der Waals surface area contributed by atoms with Crippen LogP contribution >= 0.6 is 34.8 Å². The molecule has 22 nitrogen and oxygen atoms in total. The van der Waals surface area contributed by atoms with Gasteiger partial charge in [-0.15, -0.1) is 0 Å². The monoisotopic (exact) mass is 1480 g/mol. The van der Waals surface area contributed by atoms with Crippen LogP contribution < -0.4 is 42.5 Å². The molecule has 0 radical (unpaired) electrons. The first-order valence-corrected chi connectivity index (χ1v) is 38.7. The van der Waals surface area contributed by atoms with Crippen LogP contribution in [-0.4, -0.2) is 149 Å². The van der Waals surface area contributed by atoms with Crippen molar-refractivity contribution in [2.75, 3.05) is 78.5 Å². The largest absolute Gasteiger partial charge is 0.355 e. The molecule has 6 aromatic heterocycles. The normalized spacial score (nSPS) is 20.1. The number of benzene rings is 2. The van der Waals surface area contributed by atoms with Crippen LogP contribution in [0.5, 0.6) is 0 Å². The molecule has 1 spiro atoms. The Morgan fingerprint density at radius 3 is 1.42 bits per heavy atom. The summed E-state index contributed by atoms with van der Waals surface area (Å²) >= 11 is 19.2. The third kappa shape index (κ3) is 15.4. The van der Waals surface area contributed by atoms with Crippen molar-refractivity contribution in [2.24, 2.45) is 59.1 Å². The maximum atomic E-state index is 6.44. The van der Waals surface area contributed by atoms with E-state index >= 15 is 0 Å². The third-order valence-corrected chi connectivity index (χ3v) is 25.1. The van der Waals surface area contributed by atoms with Gasteiger partial charge in [-0.05, 0) is 171 Å². The quantitative estimate of drug-likeness (QED) is 0.0989. The first kappa shape index (κ1) is 74.5. The first-order chi connectivity index (χ1) is 50.9. The molecule has 106 heavy (non-hydrogen) atoms. The maximum Gasteiger partial charge on any atom is 0.147 e. The van der Waals surface area contributed by atoms with Crippen LogP contribution in [0.25, 0.3) is 0 Å². The van der Waals surface area contributed by atoms with Gasteiger partial charge in [-0.1, -0.05) is 84.9 Å². The number of rotatable bonds is 10. The standard InChI is InChI=1S/C21H25ClN6.C21H27N5.C20H25ClN6.C19H22ClN5/c1-13-9-14(15(22)10-24-13)19-20-16(11-25-19)27-18(12-26-20)28-7-5-21(6-8-28)4-2-3-17(21)23;1-14-5-4-6-16(15(14)2)19-20-17(11-23-19)25-18(12-24-20)26-9-7-21(3,13-22)8-10-26;1-12-17(21)14(4-7-23-12)18-19-15(10-24-18)26-16(11-25-19)27-8-5-20(3,6-9-27)13(2)22;1-12-3-4-14(20)13(9-12)17-18-15(10-22-17)24-16(11-23-18)25-7-5-19(2,21)6-8-25/h9-10,12,17H,2-8,11,23H2,1H3;4-6,12H,7-11,13,22H2,1-3H3;4,7,11,13H,5-6,8-10,22H2,1-3H3;3-4,9,11H,5-8,10,21H2,1-2H3/t17-;;;/m1.../s1. The van der Waals surface area contributed by atoms with E-state index in [1.807, 2.05) is 69.8 Å². The SMILES string of the molecule is Cc1cc(C2=NCc3nc(N4CCC5(CCC[C@H]5N)CC4)cnc32)c(Cl)cn1.Cc1ccc(Cl)c(C2=NCc3nc(N4CCC(C)(N)CC4)cnc32)c1.Cc1cccc(C2=NCc3nc(N4CCC(C)(CN)CC4)cnc32)c1C.Cc1nccc(C2=NCc3nc(N4CCC(C)(C(C)N)CC4)cnc32)c1Cl. The van der Waals surface area contributed by atoms with E-state index in [-0.39, 0.29) is 22.4 Å². The van der Waals surface area contributed by atoms with E-state index in [1.165, 1.54) is 36.0 Å². The van der Waals surface area contributed by atoms with Gasteiger partial charge in [0.05, 0.1) is 117 Å². The smallest absolute Gasteiger partial charge is 0.147 e. The lowest BCUT2D eigenvalue weighted by Crippen LogP contribution is -2.48. The molecule has 2 atom stereocenters. The molecule has 1 aliphatic carbocycles. The fraction of sp³-hybridized carbons (Fsp3) is 0.481. The van der Waals surface area contributed by atoms with Crippen LogP contribution in [0.3, 0.4) is 0 Å². The van der Waals surface area contributed by atoms with Crippen LogP contribution in [0.1, 0.15) is 194 Å². The Kier molecular flexibility index (Phi) is 21.6. The highest BCUT2D eigenvalue weighted by molar-refractivity contribution is 6.37. The Morgan fingerprint density at radius 2 is 0.953 bits per heavy atom. The molecule has 0 amide bonds. The van der Waals surface area contributed by atoms with Crippen molar-refractivity contribution in [1.82, 2.24) is 49.8 Å². The van der Waals surface area contributed by atoms with Gasteiger partial charge < -0.3 is 42.5 Å². The third-order valence-electron chi connectivity index (χ3n) is 24.0. The van der Waals surface area contributed by atoms with Crippen molar-refractivity contribution in [1.29, 1.82) is 0 Å². The number of nitrogens with zero attached hydrogens (tertiary/aromatic N) is 18. The average Bonchev–Trinajstić information content (AvgIpc) is 1.60. The molecule has 14 heterocycles. The van der Waals surface area contributed by atoms with E-state index in [0.717, 1.165) is 236 Å². The summed E-state index contributed by atoms with van der Waals surface area (Å²) < 4.78 is 0. The number of pyridine rings is 2. The van der Waals surface area contributed by atoms with Crippen LogP contribution in [0.4, 0.5) is 23.3 Å². The Labute approximate surface area is 638 Å². The summed E-state index contributed by atoms with van der Waals surface area (Å²) in [6, 6.07) is 16.7. The van der Waals surface area contributed by atoms with E-state index in [1.54, 1.807) is 12.4 Å². The highest BCUT2D eigenvalue weighted by Crippen LogP contribution is 2.46. The molecular formula is C81H99Cl3N22. The Hall–Kier alpha value is -8.35. The van der Waals surface area contributed by atoms with Gasteiger partial charge in [0, 0.05) is 110 Å². The molecular weight excluding hydrogens is 1390 g/mol. The predicted octanol–water partition coefficient (Wildman–Crippen LogP) is 12.5. The van der Waals surface area contributed by atoms with Crippen molar-refractivity contribution < 1.29 is 0 Å². The Balaban J connectivity index is 0.000000119. The van der Waals surface area contributed by atoms with E-state index in [2.05, 4.69) is 115 Å². The lowest BCUT2D eigenvalue weighted by Gasteiger charge is -2.42. The molecule has 1 saturated carbocycles. The minimum Gasteiger partial charge on any atom is -0.355 e. The zero-order valence-electron chi connectivity index (χ0n) is 62.7. The van der Waals surface area contributed by atoms with E-state index in [4.69, 9.17) is 97.6 Å². The van der Waals surface area contributed by atoms with Crippen molar-refractivity contribution in [3.05, 3.63) is 197 Å². The van der Waals surface area contributed by atoms with Crippen molar-refractivity contribution in [3.8, 4) is 0 Å². The maximum absolute atomic E-state index is 6.44. The number of nitrogens with two attached hydrogens (primary N) is 4. The number of aliphatic imine (C=N–C) groups is 4. The van der Waals surface area contributed by atoms with Gasteiger partial charge in [-0.2, -0.15) is 0 Å². The minimum absolute atomic E-state index is 0.0706. The van der Waals surface area contributed by atoms with Gasteiger partial charge >= 0.3 is 0 Å². The molecule has 2 aromatic carbocycles. The van der Waals surface area contributed by atoms with Gasteiger partial charge in [0.25, 0.3) is 0 Å². The highest BCUT2D eigenvalue weighted by Gasteiger charge is 2.44. The number of hydrogen-bond donors (Lipinski definition) is 4. The number of aromatic nitrogens is 10. The molecule has 8 aliphatic heterocycles. The second kappa shape index (κ2) is 30.7. The van der Waals surface area contributed by atoms with Gasteiger partial charge in [-0.25, -0.2) is 39.9 Å². The lowest BCUT2D eigenvalue weighted by atomic mass is 9.74. The molecule has 17 rings (SSSR count).